The number of nitro groups is 1. The third-order valence-electron chi connectivity index (χ3n) is 5.26. The minimum Gasteiger partial charge on any atom is -0.350 e. The molecule has 2 rings (SSSR count). The summed E-state index contributed by atoms with van der Waals surface area (Å²) < 4.78 is 27.1. The number of halogens is 1. The predicted molar refractivity (Wildman–Crippen MR) is 142 cm³/mol. The van der Waals surface area contributed by atoms with Crippen LogP contribution in [0.2, 0.25) is 0 Å². The number of benzene rings is 2. The van der Waals surface area contributed by atoms with Crippen LogP contribution in [-0.2, 0) is 26.2 Å². The van der Waals surface area contributed by atoms with E-state index in [0.717, 1.165) is 26.7 Å². The van der Waals surface area contributed by atoms with Crippen molar-refractivity contribution >= 4 is 49.1 Å². The number of non-ortho nitro benzene ring substituents is 1. The van der Waals surface area contributed by atoms with Crippen molar-refractivity contribution in [2.24, 2.45) is 0 Å². The zero-order valence-electron chi connectivity index (χ0n) is 21.1. The minimum absolute atomic E-state index is 0.0225. The van der Waals surface area contributed by atoms with Crippen LogP contribution in [0.4, 0.5) is 11.4 Å². The van der Waals surface area contributed by atoms with E-state index in [0.29, 0.717) is 5.56 Å². The van der Waals surface area contributed by atoms with Gasteiger partial charge in [-0.05, 0) is 57.9 Å². The molecule has 1 N–H and O–H groups in total. The lowest BCUT2D eigenvalue weighted by Gasteiger charge is -2.33. The van der Waals surface area contributed by atoms with E-state index in [9.17, 15) is 28.1 Å². The Labute approximate surface area is 220 Å². The molecule has 0 bridgehead atoms. The summed E-state index contributed by atoms with van der Waals surface area (Å²) in [6.45, 7) is 8.02. The first-order valence-electron chi connectivity index (χ1n) is 11.1. The van der Waals surface area contributed by atoms with Gasteiger partial charge in [0.15, 0.2) is 0 Å². The van der Waals surface area contributed by atoms with Crippen LogP contribution in [0.25, 0.3) is 0 Å². The van der Waals surface area contributed by atoms with Gasteiger partial charge in [-0.2, -0.15) is 0 Å². The largest absolute Gasteiger partial charge is 0.350 e. The number of carbonyl (C=O) groups excluding carboxylic acids is 2. The summed E-state index contributed by atoms with van der Waals surface area (Å²) in [6.07, 6.45) is 0.924. The lowest BCUT2D eigenvalue weighted by Crippen LogP contribution is -2.54. The van der Waals surface area contributed by atoms with E-state index in [1.165, 1.54) is 17.0 Å². The Morgan fingerprint density at radius 3 is 2.33 bits per heavy atom. The summed E-state index contributed by atoms with van der Waals surface area (Å²) in [4.78, 5) is 38.5. The van der Waals surface area contributed by atoms with Gasteiger partial charge < -0.3 is 10.2 Å². The normalized spacial score (nSPS) is 12.5. The van der Waals surface area contributed by atoms with Crippen LogP contribution in [0.15, 0.2) is 46.9 Å². The highest BCUT2D eigenvalue weighted by molar-refractivity contribution is 9.10. The van der Waals surface area contributed by atoms with Gasteiger partial charge in [0.1, 0.15) is 12.6 Å². The summed E-state index contributed by atoms with van der Waals surface area (Å²) >= 11 is 3.39. The molecule has 1 atom stereocenters. The van der Waals surface area contributed by atoms with Gasteiger partial charge in [0.25, 0.3) is 5.69 Å². The number of rotatable bonds is 9. The quantitative estimate of drug-likeness (QED) is 0.354. The topological polar surface area (TPSA) is 130 Å². The fourth-order valence-electron chi connectivity index (χ4n) is 3.46. The van der Waals surface area contributed by atoms with Crippen molar-refractivity contribution in [2.45, 2.75) is 52.7 Å². The van der Waals surface area contributed by atoms with Crippen LogP contribution >= 0.6 is 15.9 Å². The number of aryl methyl sites for hydroxylation is 1. The SMILES string of the molecule is Cc1ccc([N+](=O)[O-])cc1N(CC(=O)N(Cc1cccc(Br)c1)[C@@H](C)C(=O)NC(C)(C)C)S(C)(=O)=O. The Balaban J connectivity index is 2.50. The third kappa shape index (κ3) is 8.02. The van der Waals surface area contributed by atoms with Crippen LogP contribution < -0.4 is 9.62 Å². The molecular weight excluding hydrogens is 552 g/mol. The first-order chi connectivity index (χ1) is 16.5. The Bertz CT molecular complexity index is 1260. The average molecular weight is 584 g/mol. The first kappa shape index (κ1) is 29.2. The molecule has 0 spiro atoms. The maximum atomic E-state index is 13.6. The smallest absolute Gasteiger partial charge is 0.271 e. The summed E-state index contributed by atoms with van der Waals surface area (Å²) in [5.41, 5.74) is 0.339. The number of nitro benzene ring substituents is 1. The van der Waals surface area contributed by atoms with Gasteiger partial charge in [-0.1, -0.05) is 34.1 Å². The van der Waals surface area contributed by atoms with Crippen LogP contribution in [0.1, 0.15) is 38.8 Å². The molecule has 0 saturated heterocycles. The zero-order valence-corrected chi connectivity index (χ0v) is 23.5. The van der Waals surface area contributed by atoms with Gasteiger partial charge in [-0.3, -0.25) is 24.0 Å². The lowest BCUT2D eigenvalue weighted by atomic mass is 10.1. The van der Waals surface area contributed by atoms with Crippen molar-refractivity contribution in [2.75, 3.05) is 17.1 Å². The van der Waals surface area contributed by atoms with Gasteiger partial charge in [-0.15, -0.1) is 0 Å². The Kier molecular flexibility index (Phi) is 9.24. The predicted octanol–water partition coefficient (Wildman–Crippen LogP) is 3.76. The second kappa shape index (κ2) is 11.4. The van der Waals surface area contributed by atoms with Crippen LogP contribution in [0.3, 0.4) is 0 Å². The number of carbonyl (C=O) groups is 2. The molecule has 12 heteroatoms. The van der Waals surface area contributed by atoms with Gasteiger partial charge in [0.2, 0.25) is 21.8 Å². The highest BCUT2D eigenvalue weighted by atomic mass is 79.9. The molecule has 0 radical (unpaired) electrons. The number of hydrogen-bond acceptors (Lipinski definition) is 6. The molecule has 0 fully saturated rings. The lowest BCUT2D eigenvalue weighted by molar-refractivity contribution is -0.384. The fraction of sp³-hybridized carbons (Fsp3) is 0.417. The van der Waals surface area contributed by atoms with Crippen molar-refractivity contribution in [3.05, 3.63) is 68.2 Å². The van der Waals surface area contributed by atoms with Crippen molar-refractivity contribution in [3.63, 3.8) is 0 Å². The van der Waals surface area contributed by atoms with E-state index in [1.54, 1.807) is 32.0 Å². The Morgan fingerprint density at radius 2 is 1.81 bits per heavy atom. The third-order valence-corrected chi connectivity index (χ3v) is 6.88. The fourth-order valence-corrected chi connectivity index (χ4v) is 4.81. The van der Waals surface area contributed by atoms with Crippen LogP contribution in [0.5, 0.6) is 0 Å². The average Bonchev–Trinajstić information content (AvgIpc) is 2.73. The Hall–Kier alpha value is -2.99. The highest BCUT2D eigenvalue weighted by Crippen LogP contribution is 2.28. The maximum absolute atomic E-state index is 13.6. The monoisotopic (exact) mass is 582 g/mol. The standard InChI is InChI=1S/C24H31BrN4O6S/c1-16-10-11-20(29(32)33)13-21(16)28(36(6,34)35)15-22(30)27(14-18-8-7-9-19(25)12-18)17(2)23(31)26-24(3,4)5/h7-13,17H,14-15H2,1-6H3,(H,26,31)/t17-/m0/s1. The van der Waals surface area contributed by atoms with Gasteiger partial charge in [0, 0.05) is 28.7 Å². The molecule has 196 valence electrons. The van der Waals surface area contributed by atoms with E-state index in [-0.39, 0.29) is 17.9 Å². The van der Waals surface area contributed by atoms with Crippen molar-refractivity contribution < 1.29 is 22.9 Å². The molecule has 0 heterocycles. The van der Waals surface area contributed by atoms with E-state index in [4.69, 9.17) is 0 Å². The molecule has 10 nitrogen and oxygen atoms in total. The number of nitrogens with one attached hydrogen (secondary N) is 1. The van der Waals surface area contributed by atoms with Gasteiger partial charge in [0.05, 0.1) is 16.9 Å². The number of nitrogens with zero attached hydrogens (tertiary/aromatic N) is 3. The Morgan fingerprint density at radius 1 is 1.17 bits per heavy atom. The minimum atomic E-state index is -4.01. The second-order valence-corrected chi connectivity index (χ2v) is 12.4. The molecule has 0 aliphatic carbocycles. The van der Waals surface area contributed by atoms with E-state index in [1.807, 2.05) is 26.8 Å². The number of anilines is 1. The van der Waals surface area contributed by atoms with Crippen LogP contribution in [0, 0.1) is 17.0 Å². The van der Waals surface area contributed by atoms with Crippen molar-refractivity contribution in [3.8, 4) is 0 Å². The number of amides is 2. The molecule has 0 aliphatic heterocycles. The summed E-state index contributed by atoms with van der Waals surface area (Å²) in [5.74, 6) is -1.04. The molecule has 36 heavy (non-hydrogen) atoms. The molecular formula is C24H31BrN4O6S. The van der Waals surface area contributed by atoms with E-state index >= 15 is 0 Å². The van der Waals surface area contributed by atoms with Crippen LogP contribution in [-0.4, -0.2) is 54.4 Å². The molecule has 0 aliphatic rings. The molecule has 0 saturated carbocycles. The van der Waals surface area contributed by atoms with Gasteiger partial charge >= 0.3 is 0 Å². The second-order valence-electron chi connectivity index (χ2n) is 9.56. The number of hydrogen-bond donors (Lipinski definition) is 1. The maximum Gasteiger partial charge on any atom is 0.271 e. The summed E-state index contributed by atoms with van der Waals surface area (Å²) in [6, 6.07) is 10.1. The molecule has 0 aromatic heterocycles. The van der Waals surface area contributed by atoms with E-state index in [2.05, 4.69) is 21.2 Å². The summed E-state index contributed by atoms with van der Waals surface area (Å²) in [7, 11) is -4.01. The molecule has 2 aromatic rings. The first-order valence-corrected chi connectivity index (χ1v) is 13.7. The van der Waals surface area contributed by atoms with Crippen molar-refractivity contribution in [1.29, 1.82) is 0 Å². The molecule has 2 aromatic carbocycles. The zero-order chi connectivity index (χ0) is 27.4. The van der Waals surface area contributed by atoms with Crippen molar-refractivity contribution in [1.82, 2.24) is 10.2 Å². The van der Waals surface area contributed by atoms with Gasteiger partial charge in [-0.25, -0.2) is 8.42 Å². The molecule has 0 unspecified atom stereocenters. The summed E-state index contributed by atoms with van der Waals surface area (Å²) in [5, 5.41) is 14.1. The van der Waals surface area contributed by atoms with E-state index < -0.39 is 44.9 Å². The highest BCUT2D eigenvalue weighted by Gasteiger charge is 2.32. The molecule has 2 amide bonds. The number of sulfonamides is 1.